The Hall–Kier alpha value is -2.38. The Morgan fingerprint density at radius 3 is 2.42 bits per heavy atom. The number of carbonyl (C=O) groups excluding carboxylic acids is 1. The lowest BCUT2D eigenvalue weighted by atomic mass is 9.97. The summed E-state index contributed by atoms with van der Waals surface area (Å²) in [7, 11) is -3.38. The van der Waals surface area contributed by atoms with E-state index in [0.717, 1.165) is 16.9 Å². The second kappa shape index (κ2) is 10.3. The second-order valence-electron chi connectivity index (χ2n) is 8.24. The number of hydrogen-bond donors (Lipinski definition) is 1. The van der Waals surface area contributed by atoms with Crippen molar-refractivity contribution in [1.82, 2.24) is 9.62 Å². The molecule has 6 nitrogen and oxygen atoms in total. The van der Waals surface area contributed by atoms with E-state index in [4.69, 9.17) is 4.74 Å². The van der Waals surface area contributed by atoms with E-state index in [-0.39, 0.29) is 17.6 Å². The zero-order chi connectivity index (χ0) is 22.4. The molecule has 1 heterocycles. The molecule has 2 aromatic carbocycles. The summed E-state index contributed by atoms with van der Waals surface area (Å²) in [5.41, 5.74) is 4.19. The molecule has 0 atom stereocenters. The van der Waals surface area contributed by atoms with Gasteiger partial charge in [0, 0.05) is 19.0 Å². The molecule has 3 rings (SSSR count). The molecule has 1 aliphatic rings. The number of ether oxygens (including phenoxy) is 1. The van der Waals surface area contributed by atoms with Crippen LogP contribution in [0.1, 0.15) is 35.1 Å². The minimum atomic E-state index is -3.38. The number of hydrogen-bond acceptors (Lipinski definition) is 4. The zero-order valence-electron chi connectivity index (χ0n) is 18.6. The predicted molar refractivity (Wildman–Crippen MR) is 123 cm³/mol. The Kier molecular flexibility index (Phi) is 7.73. The zero-order valence-corrected chi connectivity index (χ0v) is 19.4. The van der Waals surface area contributed by atoms with Crippen molar-refractivity contribution in [3.05, 3.63) is 64.7 Å². The van der Waals surface area contributed by atoms with Crippen LogP contribution in [0, 0.1) is 26.7 Å². The molecule has 1 saturated heterocycles. The van der Waals surface area contributed by atoms with Crippen LogP contribution in [0.2, 0.25) is 0 Å². The SMILES string of the molecule is Cc1ccc(OCCNC(=O)C2CCN(S(=O)(=O)Cc3ccccc3C)CC2)cc1C. The maximum atomic E-state index is 12.8. The van der Waals surface area contributed by atoms with Gasteiger partial charge in [-0.05, 0) is 68.0 Å². The fourth-order valence-electron chi connectivity index (χ4n) is 3.75. The van der Waals surface area contributed by atoms with Crippen molar-refractivity contribution in [2.75, 3.05) is 26.2 Å². The minimum Gasteiger partial charge on any atom is -0.492 e. The number of amides is 1. The molecule has 1 amide bonds. The number of sulfonamides is 1. The summed E-state index contributed by atoms with van der Waals surface area (Å²) in [6.07, 6.45) is 1.08. The smallest absolute Gasteiger partial charge is 0.223 e. The van der Waals surface area contributed by atoms with Crippen LogP contribution in [-0.4, -0.2) is 44.9 Å². The van der Waals surface area contributed by atoms with E-state index in [1.54, 1.807) is 0 Å². The molecule has 2 aromatic rings. The first-order chi connectivity index (χ1) is 14.8. The normalized spacial score (nSPS) is 15.6. The van der Waals surface area contributed by atoms with Crippen molar-refractivity contribution < 1.29 is 17.9 Å². The van der Waals surface area contributed by atoms with Gasteiger partial charge in [0.25, 0.3) is 0 Å². The fourth-order valence-corrected chi connectivity index (χ4v) is 5.41. The molecule has 0 spiro atoms. The molecule has 31 heavy (non-hydrogen) atoms. The van der Waals surface area contributed by atoms with E-state index in [0.29, 0.717) is 39.1 Å². The van der Waals surface area contributed by atoms with Crippen LogP contribution >= 0.6 is 0 Å². The summed E-state index contributed by atoms with van der Waals surface area (Å²) in [6, 6.07) is 13.5. The molecule has 1 N–H and O–H groups in total. The van der Waals surface area contributed by atoms with Crippen molar-refractivity contribution in [3.63, 3.8) is 0 Å². The van der Waals surface area contributed by atoms with E-state index in [2.05, 4.69) is 12.2 Å². The maximum Gasteiger partial charge on any atom is 0.223 e. The standard InChI is InChI=1S/C24H32N2O4S/c1-18-8-9-23(16-20(18)3)30-15-12-25-24(27)21-10-13-26(14-11-21)31(28,29)17-22-7-5-4-6-19(22)2/h4-9,16,21H,10-15,17H2,1-3H3,(H,25,27). The lowest BCUT2D eigenvalue weighted by molar-refractivity contribution is -0.126. The Morgan fingerprint density at radius 1 is 1.03 bits per heavy atom. The van der Waals surface area contributed by atoms with Crippen LogP contribution in [-0.2, 0) is 20.6 Å². The molecular formula is C24H32N2O4S. The highest BCUT2D eigenvalue weighted by Gasteiger charge is 2.31. The third-order valence-corrected chi connectivity index (χ3v) is 7.79. The number of aryl methyl sites for hydroxylation is 3. The number of piperidine rings is 1. The van der Waals surface area contributed by atoms with Crippen LogP contribution in [0.5, 0.6) is 5.75 Å². The molecule has 1 aliphatic heterocycles. The van der Waals surface area contributed by atoms with Crippen LogP contribution in [0.3, 0.4) is 0 Å². The van der Waals surface area contributed by atoms with Crippen LogP contribution in [0.4, 0.5) is 0 Å². The fraction of sp³-hybridized carbons (Fsp3) is 0.458. The van der Waals surface area contributed by atoms with Gasteiger partial charge in [-0.25, -0.2) is 12.7 Å². The van der Waals surface area contributed by atoms with Crippen molar-refractivity contribution in [3.8, 4) is 5.75 Å². The van der Waals surface area contributed by atoms with Gasteiger partial charge >= 0.3 is 0 Å². The lowest BCUT2D eigenvalue weighted by Gasteiger charge is -2.30. The Labute approximate surface area is 185 Å². The van der Waals surface area contributed by atoms with E-state index in [1.807, 2.05) is 56.3 Å². The molecule has 0 radical (unpaired) electrons. The van der Waals surface area contributed by atoms with Crippen LogP contribution < -0.4 is 10.1 Å². The van der Waals surface area contributed by atoms with Crippen molar-refractivity contribution in [2.24, 2.45) is 5.92 Å². The quantitative estimate of drug-likeness (QED) is 0.634. The van der Waals surface area contributed by atoms with Gasteiger partial charge in [-0.3, -0.25) is 4.79 Å². The highest BCUT2D eigenvalue weighted by atomic mass is 32.2. The second-order valence-corrected chi connectivity index (χ2v) is 10.2. The van der Waals surface area contributed by atoms with Gasteiger partial charge < -0.3 is 10.1 Å². The van der Waals surface area contributed by atoms with E-state index in [9.17, 15) is 13.2 Å². The third-order valence-electron chi connectivity index (χ3n) is 5.97. The summed E-state index contributed by atoms with van der Waals surface area (Å²) in [5, 5.41) is 2.92. The first kappa shape index (κ1) is 23.3. The summed E-state index contributed by atoms with van der Waals surface area (Å²) < 4.78 is 32.8. The summed E-state index contributed by atoms with van der Waals surface area (Å²) in [6.45, 7) is 7.60. The number of nitrogens with zero attached hydrogens (tertiary/aromatic N) is 1. The average Bonchev–Trinajstić information content (AvgIpc) is 2.75. The van der Waals surface area contributed by atoms with Gasteiger partial charge in [-0.1, -0.05) is 30.3 Å². The summed E-state index contributed by atoms with van der Waals surface area (Å²) >= 11 is 0. The van der Waals surface area contributed by atoms with Gasteiger partial charge in [0.2, 0.25) is 15.9 Å². The number of carbonyl (C=O) groups is 1. The predicted octanol–water partition coefficient (Wildman–Crippen LogP) is 3.35. The van der Waals surface area contributed by atoms with E-state index >= 15 is 0 Å². The Bertz CT molecular complexity index is 1010. The monoisotopic (exact) mass is 444 g/mol. The topological polar surface area (TPSA) is 75.7 Å². The molecule has 0 saturated carbocycles. The number of benzene rings is 2. The van der Waals surface area contributed by atoms with Gasteiger partial charge in [-0.15, -0.1) is 0 Å². The van der Waals surface area contributed by atoms with Gasteiger partial charge in [0.1, 0.15) is 12.4 Å². The molecule has 1 fully saturated rings. The van der Waals surface area contributed by atoms with E-state index in [1.165, 1.54) is 15.4 Å². The maximum absolute atomic E-state index is 12.8. The number of rotatable bonds is 8. The largest absolute Gasteiger partial charge is 0.492 e. The molecular weight excluding hydrogens is 412 g/mol. The van der Waals surface area contributed by atoms with E-state index < -0.39 is 10.0 Å². The van der Waals surface area contributed by atoms with Gasteiger partial charge in [-0.2, -0.15) is 0 Å². The van der Waals surface area contributed by atoms with Crippen molar-refractivity contribution in [2.45, 2.75) is 39.4 Å². The summed E-state index contributed by atoms with van der Waals surface area (Å²) in [5.74, 6) is 0.613. The van der Waals surface area contributed by atoms with Crippen LogP contribution in [0.15, 0.2) is 42.5 Å². The van der Waals surface area contributed by atoms with Crippen molar-refractivity contribution >= 4 is 15.9 Å². The first-order valence-corrected chi connectivity index (χ1v) is 12.4. The number of nitrogens with one attached hydrogen (secondary N) is 1. The Morgan fingerprint density at radius 2 is 1.74 bits per heavy atom. The third kappa shape index (κ3) is 6.31. The van der Waals surface area contributed by atoms with Gasteiger partial charge in [0.15, 0.2) is 0 Å². The molecule has 0 aliphatic carbocycles. The highest BCUT2D eigenvalue weighted by molar-refractivity contribution is 7.88. The summed E-state index contributed by atoms with van der Waals surface area (Å²) in [4.78, 5) is 12.5. The highest BCUT2D eigenvalue weighted by Crippen LogP contribution is 2.23. The van der Waals surface area contributed by atoms with Crippen molar-refractivity contribution in [1.29, 1.82) is 0 Å². The average molecular weight is 445 g/mol. The molecule has 7 heteroatoms. The Balaban J connectivity index is 1.42. The molecule has 168 valence electrons. The van der Waals surface area contributed by atoms with Crippen LogP contribution in [0.25, 0.3) is 0 Å². The molecule has 0 unspecified atom stereocenters. The first-order valence-electron chi connectivity index (χ1n) is 10.8. The lowest BCUT2D eigenvalue weighted by Crippen LogP contribution is -2.44. The van der Waals surface area contributed by atoms with Gasteiger partial charge in [0.05, 0.1) is 12.3 Å². The molecule has 0 aromatic heterocycles. The molecule has 0 bridgehead atoms. The minimum absolute atomic E-state index is 0.00631.